The number of carbonyl (C=O) groups excluding carboxylic acids is 1. The van der Waals surface area contributed by atoms with Gasteiger partial charge < -0.3 is 14.6 Å². The second kappa shape index (κ2) is 13.8. The summed E-state index contributed by atoms with van der Waals surface area (Å²) in [6.07, 6.45) is 8.41. The van der Waals surface area contributed by atoms with E-state index in [1.54, 1.807) is 0 Å². The van der Waals surface area contributed by atoms with Gasteiger partial charge in [0.25, 0.3) is 0 Å². The van der Waals surface area contributed by atoms with Crippen LogP contribution in [0.2, 0.25) is 0 Å². The van der Waals surface area contributed by atoms with Crippen LogP contribution in [0.25, 0.3) is 0 Å². The number of carbonyl (C=O) groups is 1. The van der Waals surface area contributed by atoms with E-state index < -0.39 is 0 Å². The lowest BCUT2D eigenvalue weighted by Crippen LogP contribution is -2.19. The molecule has 0 amide bonds. The van der Waals surface area contributed by atoms with E-state index in [4.69, 9.17) is 14.6 Å². The first kappa shape index (κ1) is 18.4. The molecule has 1 N–H and O–H groups in total. The van der Waals surface area contributed by atoms with Crippen molar-refractivity contribution in [2.75, 3.05) is 19.8 Å². The summed E-state index contributed by atoms with van der Waals surface area (Å²) in [6.45, 7) is 4.97. The Bertz CT molecular complexity index is 192. The maximum absolute atomic E-state index is 11.0. The second-order valence-corrected chi connectivity index (χ2v) is 4.91. The first-order valence-corrected chi connectivity index (χ1v) is 7.56. The number of hydrogen-bond acceptors (Lipinski definition) is 4. The van der Waals surface area contributed by atoms with Gasteiger partial charge in [0.05, 0.1) is 6.61 Å². The molecule has 0 bridgehead atoms. The van der Waals surface area contributed by atoms with E-state index in [2.05, 4.69) is 6.92 Å². The Hall–Kier alpha value is -0.610. The van der Waals surface area contributed by atoms with Crippen LogP contribution in [0.4, 0.5) is 0 Å². The van der Waals surface area contributed by atoms with E-state index in [0.29, 0.717) is 19.6 Å². The third-order valence-corrected chi connectivity index (χ3v) is 2.99. The zero-order chi connectivity index (χ0) is 14.3. The normalized spacial score (nSPS) is 12.4. The lowest BCUT2D eigenvalue weighted by molar-refractivity contribution is -0.147. The van der Waals surface area contributed by atoms with Crippen molar-refractivity contribution < 1.29 is 19.4 Å². The van der Waals surface area contributed by atoms with E-state index in [-0.39, 0.29) is 18.7 Å². The molecular formula is C15H30O4. The fraction of sp³-hybridized carbons (Fsp3) is 0.933. The summed E-state index contributed by atoms with van der Waals surface area (Å²) in [7, 11) is 0. The maximum atomic E-state index is 11.0. The molecule has 0 unspecified atom stereocenters. The number of unbranched alkanes of at least 4 members (excludes halogenated alkanes) is 4. The van der Waals surface area contributed by atoms with E-state index in [1.807, 2.05) is 0 Å². The summed E-state index contributed by atoms with van der Waals surface area (Å²) >= 11 is 0. The van der Waals surface area contributed by atoms with Crippen LogP contribution in [0.5, 0.6) is 0 Å². The molecule has 0 aromatic carbocycles. The first-order chi connectivity index (χ1) is 9.20. The number of aliphatic hydroxyl groups is 1. The molecule has 1 atom stereocenters. The number of hydrogen-bond donors (Lipinski definition) is 1. The van der Waals surface area contributed by atoms with Crippen molar-refractivity contribution >= 4 is 5.97 Å². The minimum Gasteiger partial charge on any atom is -0.462 e. The average molecular weight is 274 g/mol. The molecule has 0 saturated carbocycles. The molecular weight excluding hydrogens is 244 g/mol. The van der Waals surface area contributed by atoms with E-state index >= 15 is 0 Å². The van der Waals surface area contributed by atoms with Crippen molar-refractivity contribution in [3.05, 3.63) is 0 Å². The van der Waals surface area contributed by atoms with Gasteiger partial charge in [-0.2, -0.15) is 0 Å². The predicted molar refractivity (Wildman–Crippen MR) is 76.1 cm³/mol. The van der Waals surface area contributed by atoms with E-state index in [1.165, 1.54) is 32.6 Å². The van der Waals surface area contributed by atoms with Crippen LogP contribution in [0, 0.1) is 0 Å². The summed E-state index contributed by atoms with van der Waals surface area (Å²) in [4.78, 5) is 11.0. The predicted octanol–water partition coefficient (Wildman–Crippen LogP) is 3.07. The van der Waals surface area contributed by atoms with Crippen molar-refractivity contribution in [3.63, 3.8) is 0 Å². The Labute approximate surface area is 117 Å². The van der Waals surface area contributed by atoms with Gasteiger partial charge in [0, 0.05) is 26.6 Å². The molecule has 0 aliphatic heterocycles. The van der Waals surface area contributed by atoms with Crippen LogP contribution in [-0.2, 0) is 14.3 Å². The number of ether oxygens (including phenoxy) is 2. The largest absolute Gasteiger partial charge is 0.462 e. The second-order valence-electron chi connectivity index (χ2n) is 4.91. The maximum Gasteiger partial charge on any atom is 0.302 e. The standard InChI is InChI=1S/C15H30O4/c1-3-4-5-6-7-9-15(19-14(2)17)10-13-18-12-8-11-16/h15-16H,3-13H2,1-2H3/t15-/m1/s1. The molecule has 0 aromatic rings. The highest BCUT2D eigenvalue weighted by atomic mass is 16.5. The molecule has 0 aliphatic carbocycles. The smallest absolute Gasteiger partial charge is 0.302 e. The zero-order valence-corrected chi connectivity index (χ0v) is 12.5. The highest BCUT2D eigenvalue weighted by Crippen LogP contribution is 2.12. The van der Waals surface area contributed by atoms with Crippen molar-refractivity contribution in [3.8, 4) is 0 Å². The van der Waals surface area contributed by atoms with Crippen LogP contribution < -0.4 is 0 Å². The Morgan fingerprint density at radius 3 is 2.42 bits per heavy atom. The molecule has 4 heteroatoms. The van der Waals surface area contributed by atoms with Gasteiger partial charge in [-0.05, 0) is 19.3 Å². The van der Waals surface area contributed by atoms with Crippen LogP contribution in [0.3, 0.4) is 0 Å². The monoisotopic (exact) mass is 274 g/mol. The van der Waals surface area contributed by atoms with Crippen LogP contribution in [0.15, 0.2) is 0 Å². The Kier molecular flexibility index (Phi) is 13.4. The Morgan fingerprint density at radius 1 is 1.05 bits per heavy atom. The van der Waals surface area contributed by atoms with Crippen molar-refractivity contribution in [2.24, 2.45) is 0 Å². The van der Waals surface area contributed by atoms with Crippen LogP contribution >= 0.6 is 0 Å². The summed E-state index contributed by atoms with van der Waals surface area (Å²) in [6, 6.07) is 0. The Morgan fingerprint density at radius 2 is 1.79 bits per heavy atom. The molecule has 114 valence electrons. The van der Waals surface area contributed by atoms with Gasteiger partial charge in [0.2, 0.25) is 0 Å². The lowest BCUT2D eigenvalue weighted by Gasteiger charge is -2.17. The van der Waals surface area contributed by atoms with Crippen LogP contribution in [0.1, 0.15) is 65.2 Å². The molecule has 0 heterocycles. The summed E-state index contributed by atoms with van der Waals surface area (Å²) in [5.74, 6) is -0.214. The number of rotatable bonds is 13. The third-order valence-electron chi connectivity index (χ3n) is 2.99. The quantitative estimate of drug-likeness (QED) is 0.414. The molecule has 0 radical (unpaired) electrons. The molecule has 4 nitrogen and oxygen atoms in total. The molecule has 0 aliphatic rings. The van der Waals surface area contributed by atoms with Crippen molar-refractivity contribution in [1.29, 1.82) is 0 Å². The van der Waals surface area contributed by atoms with Gasteiger partial charge >= 0.3 is 5.97 Å². The van der Waals surface area contributed by atoms with Gasteiger partial charge in [0.15, 0.2) is 0 Å². The van der Waals surface area contributed by atoms with Gasteiger partial charge in [0.1, 0.15) is 6.10 Å². The van der Waals surface area contributed by atoms with Gasteiger partial charge in [-0.3, -0.25) is 4.79 Å². The zero-order valence-electron chi connectivity index (χ0n) is 12.5. The van der Waals surface area contributed by atoms with E-state index in [9.17, 15) is 4.79 Å². The van der Waals surface area contributed by atoms with Gasteiger partial charge in [-0.1, -0.05) is 32.6 Å². The number of esters is 1. The SMILES string of the molecule is CCCCCCC[C@H](CCOCCCO)OC(C)=O. The first-order valence-electron chi connectivity index (χ1n) is 7.56. The van der Waals surface area contributed by atoms with E-state index in [0.717, 1.165) is 19.3 Å². The lowest BCUT2D eigenvalue weighted by atomic mass is 10.1. The molecule has 19 heavy (non-hydrogen) atoms. The molecule has 0 spiro atoms. The van der Waals surface area contributed by atoms with Gasteiger partial charge in [-0.25, -0.2) is 0 Å². The summed E-state index contributed by atoms with van der Waals surface area (Å²) < 4.78 is 10.7. The molecule has 0 fully saturated rings. The molecule has 0 rings (SSSR count). The number of aliphatic hydroxyl groups excluding tert-OH is 1. The summed E-state index contributed by atoms with van der Waals surface area (Å²) in [5, 5.41) is 8.63. The van der Waals surface area contributed by atoms with Crippen molar-refractivity contribution in [2.45, 2.75) is 71.3 Å². The topological polar surface area (TPSA) is 55.8 Å². The Balaban J connectivity index is 3.66. The fourth-order valence-electron chi connectivity index (χ4n) is 1.96. The van der Waals surface area contributed by atoms with Gasteiger partial charge in [-0.15, -0.1) is 0 Å². The minimum absolute atomic E-state index is 0.0201. The highest BCUT2D eigenvalue weighted by Gasteiger charge is 2.11. The highest BCUT2D eigenvalue weighted by molar-refractivity contribution is 5.66. The minimum atomic E-state index is -0.214. The summed E-state index contributed by atoms with van der Waals surface area (Å²) in [5.41, 5.74) is 0. The molecule has 0 saturated heterocycles. The molecule has 0 aromatic heterocycles. The van der Waals surface area contributed by atoms with Crippen molar-refractivity contribution in [1.82, 2.24) is 0 Å². The third kappa shape index (κ3) is 13.6. The van der Waals surface area contributed by atoms with Crippen LogP contribution in [-0.4, -0.2) is 37.0 Å². The average Bonchev–Trinajstić information content (AvgIpc) is 2.37. The fourth-order valence-corrected chi connectivity index (χ4v) is 1.96.